The molecule has 9 nitrogen and oxygen atoms in total. The minimum atomic E-state index is 0.231. The zero-order chi connectivity index (χ0) is 24.8. The summed E-state index contributed by atoms with van der Waals surface area (Å²) in [5.74, 6) is 1.08. The molecule has 2 aliphatic rings. The maximum Gasteiger partial charge on any atom is 0.208 e. The van der Waals surface area contributed by atoms with E-state index >= 15 is 0 Å². The molecule has 4 aromatic rings. The first-order valence-electron chi connectivity index (χ1n) is 12.5. The lowest BCUT2D eigenvalue weighted by molar-refractivity contribution is 0.189. The normalized spacial score (nSPS) is 21.6. The molecule has 0 unspecified atom stereocenters. The molecule has 1 aliphatic carbocycles. The van der Waals surface area contributed by atoms with E-state index in [-0.39, 0.29) is 6.04 Å². The number of nitrogens with two attached hydrogens (primary N) is 1. The van der Waals surface area contributed by atoms with Gasteiger partial charge in [0.15, 0.2) is 5.01 Å². The molecular weight excluding hydrogens is 470 g/mol. The molecule has 1 saturated heterocycles. The number of hydrogen-bond donors (Lipinski definition) is 2. The summed E-state index contributed by atoms with van der Waals surface area (Å²) in [6.07, 6.45) is 7.13. The molecule has 1 aliphatic heterocycles. The van der Waals surface area contributed by atoms with E-state index in [2.05, 4.69) is 45.4 Å². The maximum absolute atomic E-state index is 9.18. The van der Waals surface area contributed by atoms with Crippen LogP contribution in [0.1, 0.15) is 38.7 Å². The third-order valence-corrected chi connectivity index (χ3v) is 8.32. The number of piperidine rings is 1. The van der Waals surface area contributed by atoms with Gasteiger partial charge >= 0.3 is 0 Å². The lowest BCUT2D eigenvalue weighted by Crippen LogP contribution is -2.55. The Morgan fingerprint density at radius 2 is 1.94 bits per heavy atom. The number of pyridine rings is 1. The zero-order valence-electron chi connectivity index (χ0n) is 20.4. The predicted molar refractivity (Wildman–Crippen MR) is 142 cm³/mol. The molecule has 6 rings (SSSR count). The summed E-state index contributed by atoms with van der Waals surface area (Å²) in [4.78, 5) is 7.16. The van der Waals surface area contributed by atoms with E-state index in [0.29, 0.717) is 23.4 Å². The van der Waals surface area contributed by atoms with Crippen LogP contribution in [0.3, 0.4) is 0 Å². The Balaban J connectivity index is 1.33. The predicted octanol–water partition coefficient (Wildman–Crippen LogP) is 4.17. The Kier molecular flexibility index (Phi) is 5.82. The van der Waals surface area contributed by atoms with Gasteiger partial charge in [0, 0.05) is 37.1 Å². The van der Waals surface area contributed by atoms with E-state index in [0.717, 1.165) is 51.4 Å². The average molecular weight is 500 g/mol. The van der Waals surface area contributed by atoms with Crippen molar-refractivity contribution < 1.29 is 0 Å². The summed E-state index contributed by atoms with van der Waals surface area (Å²) in [7, 11) is 0. The van der Waals surface area contributed by atoms with Crippen LogP contribution in [0.15, 0.2) is 36.7 Å². The first kappa shape index (κ1) is 22.9. The third-order valence-electron chi connectivity index (χ3n) is 7.30. The van der Waals surface area contributed by atoms with Gasteiger partial charge in [0.25, 0.3) is 0 Å². The summed E-state index contributed by atoms with van der Waals surface area (Å²) in [6.45, 7) is 6.15. The highest BCUT2D eigenvalue weighted by molar-refractivity contribution is 7.18. The molecule has 3 N–H and O–H groups in total. The smallest absolute Gasteiger partial charge is 0.208 e. The summed E-state index contributed by atoms with van der Waals surface area (Å²) < 4.78 is 1.81. The quantitative estimate of drug-likeness (QED) is 0.420. The van der Waals surface area contributed by atoms with Crippen LogP contribution in [0, 0.1) is 23.2 Å². The zero-order valence-corrected chi connectivity index (χ0v) is 21.2. The molecule has 4 aromatic heterocycles. The van der Waals surface area contributed by atoms with E-state index < -0.39 is 0 Å². The first-order valence-corrected chi connectivity index (χ1v) is 13.3. The number of fused-ring (bicyclic) bond motifs is 3. The monoisotopic (exact) mass is 499 g/mol. The standard InChI is InChI=1S/C26H29N9S/c1-15(2)31-21-9-22(23-7-6-19-8-16(10-27)11-30-35(19)23)29-12-20(21)25-32-33-26(36-25)34-13-17-4-3-5-18(14-34)24(17)28/h6-9,11-12,15,17-18,24H,3-5,13-14,28H2,1-2H3,(H,29,31)/t17-,18+,24-. The van der Waals surface area contributed by atoms with Gasteiger partial charge in [-0.15, -0.1) is 10.2 Å². The Bertz CT molecular complexity index is 1440. The number of anilines is 2. The molecule has 10 heteroatoms. The van der Waals surface area contributed by atoms with E-state index in [9.17, 15) is 5.26 Å². The largest absolute Gasteiger partial charge is 0.382 e. The highest BCUT2D eigenvalue weighted by Gasteiger charge is 2.38. The van der Waals surface area contributed by atoms with Gasteiger partial charge in [-0.25, -0.2) is 4.52 Å². The molecule has 2 bridgehead atoms. The molecule has 5 heterocycles. The molecule has 3 atom stereocenters. The fourth-order valence-corrected chi connectivity index (χ4v) is 6.42. The van der Waals surface area contributed by atoms with E-state index in [1.165, 1.54) is 19.3 Å². The highest BCUT2D eigenvalue weighted by Crippen LogP contribution is 2.39. The van der Waals surface area contributed by atoms with Gasteiger partial charge in [-0.1, -0.05) is 17.8 Å². The van der Waals surface area contributed by atoms with Gasteiger partial charge in [0.1, 0.15) is 6.07 Å². The molecule has 0 amide bonds. The van der Waals surface area contributed by atoms with Crippen LogP contribution >= 0.6 is 11.3 Å². The van der Waals surface area contributed by atoms with Crippen molar-refractivity contribution in [1.82, 2.24) is 24.8 Å². The van der Waals surface area contributed by atoms with E-state index in [4.69, 9.17) is 10.7 Å². The molecule has 1 saturated carbocycles. The van der Waals surface area contributed by atoms with Crippen molar-refractivity contribution in [2.75, 3.05) is 23.3 Å². The van der Waals surface area contributed by atoms with Gasteiger partial charge in [-0.05, 0) is 62.8 Å². The van der Waals surface area contributed by atoms with Crippen LogP contribution in [0.4, 0.5) is 10.8 Å². The van der Waals surface area contributed by atoms with Crippen LogP contribution in [0.5, 0.6) is 0 Å². The Morgan fingerprint density at radius 1 is 1.14 bits per heavy atom. The Morgan fingerprint density at radius 3 is 2.69 bits per heavy atom. The van der Waals surface area contributed by atoms with Crippen molar-refractivity contribution in [3.8, 4) is 28.0 Å². The summed E-state index contributed by atoms with van der Waals surface area (Å²) in [5, 5.41) is 28.1. The Labute approximate surface area is 214 Å². The Hall–Kier alpha value is -3.55. The minimum Gasteiger partial charge on any atom is -0.382 e. The van der Waals surface area contributed by atoms with Gasteiger partial charge in [0.2, 0.25) is 5.13 Å². The molecular formula is C26H29N9S. The van der Waals surface area contributed by atoms with Crippen molar-refractivity contribution in [3.63, 3.8) is 0 Å². The second kappa shape index (κ2) is 9.15. The summed E-state index contributed by atoms with van der Waals surface area (Å²) in [5.41, 5.74) is 11.4. The minimum absolute atomic E-state index is 0.231. The second-order valence-corrected chi connectivity index (χ2v) is 11.1. The molecule has 0 aromatic carbocycles. The lowest BCUT2D eigenvalue weighted by atomic mass is 9.74. The summed E-state index contributed by atoms with van der Waals surface area (Å²) >= 11 is 1.62. The average Bonchev–Trinajstić information content (AvgIpc) is 3.51. The summed E-state index contributed by atoms with van der Waals surface area (Å²) in [6, 6.07) is 10.5. The van der Waals surface area contributed by atoms with Crippen molar-refractivity contribution in [1.29, 1.82) is 5.26 Å². The van der Waals surface area contributed by atoms with Crippen LogP contribution in [0.2, 0.25) is 0 Å². The second-order valence-electron chi connectivity index (χ2n) is 10.1. The lowest BCUT2D eigenvalue weighted by Gasteiger charge is -2.45. The highest BCUT2D eigenvalue weighted by atomic mass is 32.1. The number of aromatic nitrogens is 5. The van der Waals surface area contributed by atoms with Gasteiger partial charge in [0.05, 0.1) is 34.2 Å². The fourth-order valence-electron chi connectivity index (χ4n) is 5.54. The topological polar surface area (TPSA) is 121 Å². The molecule has 2 fully saturated rings. The number of hydrogen-bond acceptors (Lipinski definition) is 9. The molecule has 184 valence electrons. The SMILES string of the molecule is CC(C)Nc1cc(-c2ccc3cc(C#N)cnn23)ncc1-c1nnc(N2C[C@H]3CCC[C@@H](C2)[C@@H]3N)s1. The third kappa shape index (κ3) is 4.08. The molecule has 0 spiro atoms. The number of rotatable bonds is 5. The fraction of sp³-hybridized carbons (Fsp3) is 0.423. The van der Waals surface area contributed by atoms with Crippen LogP contribution in [-0.4, -0.2) is 50.0 Å². The van der Waals surface area contributed by atoms with Gasteiger partial charge < -0.3 is 16.0 Å². The van der Waals surface area contributed by atoms with Crippen LogP contribution < -0.4 is 16.0 Å². The van der Waals surface area contributed by atoms with Crippen molar-refractivity contribution in [2.24, 2.45) is 17.6 Å². The van der Waals surface area contributed by atoms with Crippen molar-refractivity contribution >= 4 is 27.7 Å². The number of nitrogens with zero attached hydrogens (tertiary/aromatic N) is 7. The van der Waals surface area contributed by atoms with E-state index in [1.807, 2.05) is 35.0 Å². The van der Waals surface area contributed by atoms with Crippen LogP contribution in [0.25, 0.3) is 27.5 Å². The first-order chi connectivity index (χ1) is 17.5. The van der Waals surface area contributed by atoms with Gasteiger partial charge in [-0.2, -0.15) is 10.4 Å². The number of nitriles is 1. The van der Waals surface area contributed by atoms with Crippen LogP contribution in [-0.2, 0) is 0 Å². The van der Waals surface area contributed by atoms with Crippen molar-refractivity contribution in [2.45, 2.75) is 45.2 Å². The van der Waals surface area contributed by atoms with E-state index in [1.54, 1.807) is 17.5 Å². The molecule has 0 radical (unpaired) electrons. The van der Waals surface area contributed by atoms with Crippen molar-refractivity contribution in [3.05, 3.63) is 42.2 Å². The maximum atomic E-state index is 9.18. The number of nitrogens with one attached hydrogen (secondary N) is 1. The molecule has 36 heavy (non-hydrogen) atoms. The van der Waals surface area contributed by atoms with Gasteiger partial charge in [-0.3, -0.25) is 4.98 Å².